The maximum absolute atomic E-state index is 14.2. The Labute approximate surface area is 308 Å². The molecule has 0 bridgehead atoms. The molecular formula is C44H53N3O5. The number of rotatable bonds is 15. The highest BCUT2D eigenvalue weighted by molar-refractivity contribution is 5.93. The fourth-order valence-electron chi connectivity index (χ4n) is 6.28. The molecule has 5 rings (SSSR count). The molecular weight excluding hydrogens is 651 g/mol. The average molecular weight is 704 g/mol. The molecule has 1 fully saturated rings. The van der Waals surface area contributed by atoms with Crippen LogP contribution in [0.3, 0.4) is 0 Å². The molecule has 0 aromatic heterocycles. The number of hydrogen-bond donors (Lipinski definition) is 2. The van der Waals surface area contributed by atoms with E-state index in [1.165, 1.54) is 0 Å². The standard InChI is InChI=1S/C44H53N3O5/c1-44(2,3)30-41(48)39(28-33-18-22-37(23-19-33)51-31-35-14-8-6-9-15-35)45-42(49)40(46-43(50)47-26-12-4-5-13-27-47)29-34-20-24-38(25-21-34)52-32-36-16-10-7-11-17-36/h6-11,14-25,39-40H,4-5,12-13,26-32H2,1-3H3,(H,45,49)(H,46,50)/t39-,40-/m0/s1. The molecule has 2 atom stereocenters. The lowest BCUT2D eigenvalue weighted by Gasteiger charge is -2.28. The predicted molar refractivity (Wildman–Crippen MR) is 205 cm³/mol. The number of carbonyl (C=O) groups is 3. The molecule has 1 aliphatic heterocycles. The molecule has 0 aliphatic carbocycles. The summed E-state index contributed by atoms with van der Waals surface area (Å²) >= 11 is 0. The van der Waals surface area contributed by atoms with Crippen molar-refractivity contribution in [3.63, 3.8) is 0 Å². The second-order valence-corrected chi connectivity index (χ2v) is 14.9. The number of nitrogens with zero attached hydrogens (tertiary/aromatic N) is 1. The number of ketones is 1. The van der Waals surface area contributed by atoms with Crippen molar-refractivity contribution < 1.29 is 23.9 Å². The molecule has 0 unspecified atom stereocenters. The van der Waals surface area contributed by atoms with Gasteiger partial charge in [0.25, 0.3) is 0 Å². The summed E-state index contributed by atoms with van der Waals surface area (Å²) in [5.41, 5.74) is 3.65. The maximum Gasteiger partial charge on any atom is 0.318 e. The number of hydrogen-bond acceptors (Lipinski definition) is 5. The Morgan fingerprint density at radius 1 is 0.596 bits per heavy atom. The van der Waals surface area contributed by atoms with Gasteiger partial charge in [-0.15, -0.1) is 0 Å². The molecule has 3 amide bonds. The van der Waals surface area contributed by atoms with Crippen LogP contribution in [0.15, 0.2) is 109 Å². The van der Waals surface area contributed by atoms with Crippen molar-refractivity contribution in [1.29, 1.82) is 0 Å². The molecule has 52 heavy (non-hydrogen) atoms. The number of urea groups is 1. The number of carbonyl (C=O) groups excluding carboxylic acids is 3. The van der Waals surface area contributed by atoms with E-state index in [0.717, 1.165) is 53.7 Å². The molecule has 1 saturated heterocycles. The highest BCUT2D eigenvalue weighted by Crippen LogP contribution is 2.22. The zero-order valence-corrected chi connectivity index (χ0v) is 30.8. The van der Waals surface area contributed by atoms with Crippen molar-refractivity contribution in [2.75, 3.05) is 13.1 Å². The molecule has 4 aromatic carbocycles. The molecule has 4 aromatic rings. The number of benzene rings is 4. The van der Waals surface area contributed by atoms with Gasteiger partial charge in [-0.05, 0) is 71.2 Å². The van der Waals surface area contributed by atoms with Crippen LogP contribution in [0, 0.1) is 5.41 Å². The monoisotopic (exact) mass is 703 g/mol. The van der Waals surface area contributed by atoms with Crippen molar-refractivity contribution in [3.05, 3.63) is 131 Å². The second-order valence-electron chi connectivity index (χ2n) is 14.9. The Bertz CT molecular complexity index is 1700. The van der Waals surface area contributed by atoms with Crippen LogP contribution in [0.2, 0.25) is 0 Å². The summed E-state index contributed by atoms with van der Waals surface area (Å²) in [6.07, 6.45) is 4.93. The van der Waals surface area contributed by atoms with Gasteiger partial charge in [0.2, 0.25) is 5.91 Å². The minimum absolute atomic E-state index is 0.0530. The van der Waals surface area contributed by atoms with Gasteiger partial charge in [-0.1, -0.05) is 119 Å². The highest BCUT2D eigenvalue weighted by atomic mass is 16.5. The molecule has 0 saturated carbocycles. The Morgan fingerprint density at radius 2 is 1.06 bits per heavy atom. The van der Waals surface area contributed by atoms with Crippen LogP contribution in [0.25, 0.3) is 0 Å². The first-order valence-corrected chi connectivity index (χ1v) is 18.5. The highest BCUT2D eigenvalue weighted by Gasteiger charge is 2.30. The summed E-state index contributed by atoms with van der Waals surface area (Å²) < 4.78 is 11.9. The van der Waals surface area contributed by atoms with Gasteiger partial charge >= 0.3 is 6.03 Å². The van der Waals surface area contributed by atoms with E-state index < -0.39 is 12.1 Å². The number of ether oxygens (including phenoxy) is 2. The zero-order chi connectivity index (χ0) is 36.8. The summed E-state index contributed by atoms with van der Waals surface area (Å²) in [6.45, 7) is 8.26. The van der Waals surface area contributed by atoms with Crippen LogP contribution >= 0.6 is 0 Å². The lowest BCUT2D eigenvalue weighted by atomic mass is 9.86. The van der Waals surface area contributed by atoms with Gasteiger partial charge in [0.05, 0.1) is 6.04 Å². The molecule has 8 nitrogen and oxygen atoms in total. The molecule has 8 heteroatoms. The van der Waals surface area contributed by atoms with Gasteiger partial charge in [0, 0.05) is 25.9 Å². The second kappa shape index (κ2) is 18.9. The quantitative estimate of drug-likeness (QED) is 0.131. The maximum atomic E-state index is 14.2. The Kier molecular flexibility index (Phi) is 13.9. The van der Waals surface area contributed by atoms with E-state index in [0.29, 0.717) is 44.9 Å². The topological polar surface area (TPSA) is 97.0 Å². The molecule has 2 N–H and O–H groups in total. The Hall–Kier alpha value is -5.11. The molecule has 0 spiro atoms. The van der Waals surface area contributed by atoms with Crippen LogP contribution in [0.1, 0.15) is 75.1 Å². The SMILES string of the molecule is CC(C)(C)CC(=O)[C@H](Cc1ccc(OCc2ccccc2)cc1)NC(=O)[C@H](Cc1ccc(OCc2ccccc2)cc1)NC(=O)N1CCCCCC1. The van der Waals surface area contributed by atoms with Crippen LogP contribution < -0.4 is 20.1 Å². The van der Waals surface area contributed by atoms with Crippen molar-refractivity contribution in [2.24, 2.45) is 5.41 Å². The smallest absolute Gasteiger partial charge is 0.318 e. The van der Waals surface area contributed by atoms with Gasteiger partial charge in [-0.3, -0.25) is 9.59 Å². The summed E-state index contributed by atoms with van der Waals surface area (Å²) in [5, 5.41) is 6.09. The Balaban J connectivity index is 1.29. The van der Waals surface area contributed by atoms with Gasteiger partial charge in [0.1, 0.15) is 30.8 Å². The first-order chi connectivity index (χ1) is 25.1. The molecule has 0 radical (unpaired) electrons. The van der Waals surface area contributed by atoms with E-state index in [9.17, 15) is 14.4 Å². The summed E-state index contributed by atoms with van der Waals surface area (Å²) in [5.74, 6) is 0.999. The summed E-state index contributed by atoms with van der Waals surface area (Å²) in [7, 11) is 0. The number of amides is 3. The predicted octanol–water partition coefficient (Wildman–Crippen LogP) is 8.07. The third-order valence-electron chi connectivity index (χ3n) is 9.14. The van der Waals surface area contributed by atoms with E-state index >= 15 is 0 Å². The van der Waals surface area contributed by atoms with E-state index in [4.69, 9.17) is 9.47 Å². The molecule has 1 aliphatic rings. The van der Waals surface area contributed by atoms with Gasteiger partial charge in [-0.25, -0.2) is 4.79 Å². The summed E-state index contributed by atoms with van der Waals surface area (Å²) in [4.78, 5) is 43.3. The van der Waals surface area contributed by atoms with Crippen LogP contribution in [0.5, 0.6) is 11.5 Å². The lowest BCUT2D eigenvalue weighted by Crippen LogP contribution is -2.55. The van der Waals surface area contributed by atoms with Gasteiger partial charge in [-0.2, -0.15) is 0 Å². The average Bonchev–Trinajstić information content (AvgIpc) is 3.44. The van der Waals surface area contributed by atoms with Gasteiger partial charge < -0.3 is 25.0 Å². The fourth-order valence-corrected chi connectivity index (χ4v) is 6.28. The number of nitrogens with one attached hydrogen (secondary N) is 2. The first kappa shape index (κ1) is 38.1. The third kappa shape index (κ3) is 12.6. The van der Waals surface area contributed by atoms with Crippen LogP contribution in [0.4, 0.5) is 4.79 Å². The third-order valence-corrected chi connectivity index (χ3v) is 9.14. The van der Waals surface area contributed by atoms with Crippen LogP contribution in [-0.4, -0.2) is 47.8 Å². The fraction of sp³-hybridized carbons (Fsp3) is 0.386. The van der Waals surface area contributed by atoms with E-state index in [-0.39, 0.29) is 29.6 Å². The molecule has 1 heterocycles. The lowest BCUT2D eigenvalue weighted by molar-refractivity contribution is -0.129. The zero-order valence-electron chi connectivity index (χ0n) is 30.8. The van der Waals surface area contributed by atoms with E-state index in [1.54, 1.807) is 4.90 Å². The largest absolute Gasteiger partial charge is 0.489 e. The van der Waals surface area contributed by atoms with Crippen molar-refractivity contribution >= 4 is 17.7 Å². The normalized spacial score (nSPS) is 14.4. The number of Topliss-reactive ketones (excluding diaryl/α,β-unsaturated/α-hetero) is 1. The van der Waals surface area contributed by atoms with Gasteiger partial charge in [0.15, 0.2) is 5.78 Å². The first-order valence-electron chi connectivity index (χ1n) is 18.5. The Morgan fingerprint density at radius 3 is 1.52 bits per heavy atom. The van der Waals surface area contributed by atoms with Crippen molar-refractivity contribution in [2.45, 2.75) is 91.0 Å². The summed E-state index contributed by atoms with van der Waals surface area (Å²) in [6, 6.07) is 33.3. The minimum Gasteiger partial charge on any atom is -0.489 e. The van der Waals surface area contributed by atoms with Crippen LogP contribution in [-0.2, 0) is 35.6 Å². The molecule has 274 valence electrons. The van der Waals surface area contributed by atoms with Crippen molar-refractivity contribution in [1.82, 2.24) is 15.5 Å². The van der Waals surface area contributed by atoms with E-state index in [1.807, 2.05) is 130 Å². The minimum atomic E-state index is -0.884. The van der Waals surface area contributed by atoms with E-state index in [2.05, 4.69) is 10.6 Å². The van der Waals surface area contributed by atoms with Crippen molar-refractivity contribution in [3.8, 4) is 11.5 Å². The number of likely N-dealkylation sites (tertiary alicyclic amines) is 1.